The third kappa shape index (κ3) is 2.86. The van der Waals surface area contributed by atoms with E-state index < -0.39 is 0 Å². The van der Waals surface area contributed by atoms with E-state index in [2.05, 4.69) is 11.1 Å². The van der Waals surface area contributed by atoms with E-state index in [-0.39, 0.29) is 6.10 Å². The molecule has 1 aliphatic carbocycles. The highest BCUT2D eigenvalue weighted by Crippen LogP contribution is 2.32. The van der Waals surface area contributed by atoms with Crippen molar-refractivity contribution >= 4 is 11.3 Å². The van der Waals surface area contributed by atoms with Crippen molar-refractivity contribution in [2.24, 2.45) is 0 Å². The number of nitrogens with zero attached hydrogens (tertiary/aromatic N) is 1. The fraction of sp³-hybridized carbons (Fsp3) is 0.438. The molecule has 1 unspecified atom stereocenters. The van der Waals surface area contributed by atoms with Gasteiger partial charge in [0.25, 0.3) is 0 Å². The molecule has 0 amide bonds. The predicted octanol–water partition coefficient (Wildman–Crippen LogP) is 3.44. The van der Waals surface area contributed by atoms with Crippen LogP contribution in [0.1, 0.15) is 40.6 Å². The van der Waals surface area contributed by atoms with Crippen molar-refractivity contribution in [1.82, 2.24) is 4.98 Å². The van der Waals surface area contributed by atoms with Gasteiger partial charge >= 0.3 is 0 Å². The summed E-state index contributed by atoms with van der Waals surface area (Å²) in [7, 11) is 0. The van der Waals surface area contributed by atoms with Gasteiger partial charge in [-0.3, -0.25) is 0 Å². The Bertz CT molecular complexity index is 594. The van der Waals surface area contributed by atoms with Crippen LogP contribution in [-0.2, 0) is 12.8 Å². The van der Waals surface area contributed by atoms with Gasteiger partial charge in [0.15, 0.2) is 0 Å². The minimum Gasteiger partial charge on any atom is -0.493 e. The highest BCUT2D eigenvalue weighted by Gasteiger charge is 2.18. The zero-order valence-corrected chi connectivity index (χ0v) is 12.4. The molecule has 1 N–H and O–H groups in total. The number of hydrogen-bond donors (Lipinski definition) is 1. The molecule has 0 saturated carbocycles. The second kappa shape index (κ2) is 5.94. The summed E-state index contributed by atoms with van der Waals surface area (Å²) in [4.78, 5) is 5.52. The molecular weight excluding hydrogens is 270 g/mol. The van der Waals surface area contributed by atoms with Gasteiger partial charge in [-0.1, -0.05) is 6.07 Å². The predicted molar refractivity (Wildman–Crippen MR) is 80.4 cm³/mol. The summed E-state index contributed by atoms with van der Waals surface area (Å²) in [5.41, 5.74) is 5.27. The Kier molecular flexibility index (Phi) is 4.03. The quantitative estimate of drug-likeness (QED) is 0.937. The van der Waals surface area contributed by atoms with E-state index in [0.29, 0.717) is 6.61 Å². The molecule has 0 spiro atoms. The first-order chi connectivity index (χ1) is 9.74. The van der Waals surface area contributed by atoms with Crippen molar-refractivity contribution in [2.45, 2.75) is 38.7 Å². The second-order valence-electron chi connectivity index (χ2n) is 5.23. The van der Waals surface area contributed by atoms with Crippen molar-refractivity contribution in [1.29, 1.82) is 0 Å². The van der Waals surface area contributed by atoms with Crippen LogP contribution in [0.5, 0.6) is 5.75 Å². The second-order valence-corrected chi connectivity index (χ2v) is 6.17. The lowest BCUT2D eigenvalue weighted by Gasteiger charge is -2.22. The zero-order chi connectivity index (χ0) is 13.9. The number of fused-ring (bicyclic) bond motifs is 1. The molecule has 3 rings (SSSR count). The summed E-state index contributed by atoms with van der Waals surface area (Å²) in [6.07, 6.45) is 3.55. The van der Waals surface area contributed by atoms with Gasteiger partial charge in [-0.2, -0.15) is 0 Å². The summed E-state index contributed by atoms with van der Waals surface area (Å²) in [5, 5.41) is 10.0. The number of aliphatic hydroxyl groups excluding tert-OH is 1. The fourth-order valence-electron chi connectivity index (χ4n) is 2.67. The molecule has 3 nitrogen and oxygen atoms in total. The maximum atomic E-state index is 10.0. The van der Waals surface area contributed by atoms with E-state index in [4.69, 9.17) is 4.74 Å². The average molecular weight is 289 g/mol. The van der Waals surface area contributed by atoms with Gasteiger partial charge in [-0.05, 0) is 49.4 Å². The van der Waals surface area contributed by atoms with Gasteiger partial charge in [-0.25, -0.2) is 4.98 Å². The molecule has 2 aromatic rings. The number of aromatic nitrogens is 1. The number of thiazole rings is 1. The summed E-state index contributed by atoms with van der Waals surface area (Å²) < 4.78 is 5.82. The number of hydrogen-bond acceptors (Lipinski definition) is 4. The van der Waals surface area contributed by atoms with Crippen LogP contribution in [-0.4, -0.2) is 16.7 Å². The van der Waals surface area contributed by atoms with Crippen LogP contribution in [0.4, 0.5) is 0 Å². The number of aryl methyl sites for hydroxylation is 2. The van der Waals surface area contributed by atoms with Gasteiger partial charge in [-0.15, -0.1) is 11.3 Å². The molecule has 106 valence electrons. The first kappa shape index (κ1) is 13.6. The fourth-order valence-corrected chi connectivity index (χ4v) is 3.43. The van der Waals surface area contributed by atoms with E-state index in [9.17, 15) is 5.11 Å². The Morgan fingerprint density at radius 2 is 2.35 bits per heavy atom. The molecule has 0 saturated heterocycles. The van der Waals surface area contributed by atoms with Gasteiger partial charge in [0, 0.05) is 11.3 Å². The topological polar surface area (TPSA) is 42.4 Å². The van der Waals surface area contributed by atoms with Crippen LogP contribution in [0.15, 0.2) is 23.7 Å². The van der Waals surface area contributed by atoms with Gasteiger partial charge in [0.1, 0.15) is 5.75 Å². The molecule has 0 aliphatic heterocycles. The molecule has 1 aromatic carbocycles. The third-order valence-electron chi connectivity index (χ3n) is 3.84. The lowest BCUT2D eigenvalue weighted by atomic mass is 9.89. The van der Waals surface area contributed by atoms with Crippen LogP contribution in [0.2, 0.25) is 0 Å². The monoisotopic (exact) mass is 289 g/mol. The Labute approximate surface area is 123 Å². The number of ether oxygens (including phenoxy) is 1. The van der Waals surface area contributed by atoms with E-state index in [1.54, 1.807) is 11.3 Å². The van der Waals surface area contributed by atoms with Crippen LogP contribution < -0.4 is 4.74 Å². The lowest BCUT2D eigenvalue weighted by Crippen LogP contribution is -2.10. The average Bonchev–Trinajstić information content (AvgIpc) is 2.85. The third-order valence-corrected chi connectivity index (χ3v) is 4.84. The lowest BCUT2D eigenvalue weighted by molar-refractivity contribution is 0.156. The van der Waals surface area contributed by atoms with E-state index in [1.165, 1.54) is 10.4 Å². The normalized spacial score (nSPS) is 17.8. The minimum absolute atomic E-state index is 0.328. The minimum atomic E-state index is -0.328. The molecule has 4 heteroatoms. The molecule has 20 heavy (non-hydrogen) atoms. The molecule has 1 heterocycles. The van der Waals surface area contributed by atoms with Crippen molar-refractivity contribution < 1.29 is 9.84 Å². The molecule has 1 atom stereocenters. The maximum absolute atomic E-state index is 10.0. The van der Waals surface area contributed by atoms with E-state index in [0.717, 1.165) is 42.7 Å². The van der Waals surface area contributed by atoms with Gasteiger partial charge < -0.3 is 9.84 Å². The molecule has 0 bridgehead atoms. The molecule has 1 aromatic heterocycles. The van der Waals surface area contributed by atoms with Crippen LogP contribution in [0, 0.1) is 6.92 Å². The molecule has 0 radical (unpaired) electrons. The number of rotatable bonds is 4. The number of aliphatic hydroxyl groups is 1. The number of benzene rings is 1. The zero-order valence-electron chi connectivity index (χ0n) is 11.6. The van der Waals surface area contributed by atoms with Gasteiger partial charge in [0.2, 0.25) is 0 Å². The first-order valence-electron chi connectivity index (χ1n) is 7.06. The highest BCUT2D eigenvalue weighted by molar-refractivity contribution is 7.09. The van der Waals surface area contributed by atoms with E-state index in [1.807, 2.05) is 24.6 Å². The maximum Gasteiger partial charge on any atom is 0.119 e. The summed E-state index contributed by atoms with van der Waals surface area (Å²) >= 11 is 1.68. The summed E-state index contributed by atoms with van der Waals surface area (Å²) in [5.74, 6) is 0.854. The summed E-state index contributed by atoms with van der Waals surface area (Å²) in [6, 6.07) is 6.10. The van der Waals surface area contributed by atoms with Crippen molar-refractivity contribution in [2.75, 3.05) is 6.61 Å². The first-order valence-corrected chi connectivity index (χ1v) is 7.94. The molecule has 0 fully saturated rings. The van der Waals surface area contributed by atoms with Gasteiger partial charge in [0.05, 0.1) is 23.9 Å². The Hall–Kier alpha value is -1.39. The van der Waals surface area contributed by atoms with Crippen molar-refractivity contribution in [3.8, 4) is 5.75 Å². The van der Waals surface area contributed by atoms with Crippen molar-refractivity contribution in [3.63, 3.8) is 0 Å². The largest absolute Gasteiger partial charge is 0.493 e. The Balaban J connectivity index is 1.63. The SMILES string of the molecule is Cc1ncsc1CCOc1ccc2c(c1)C(O)CCC2. The highest BCUT2D eigenvalue weighted by atomic mass is 32.1. The smallest absolute Gasteiger partial charge is 0.119 e. The van der Waals surface area contributed by atoms with E-state index >= 15 is 0 Å². The molecular formula is C16H19NO2S. The van der Waals surface area contributed by atoms with Crippen LogP contribution in [0.25, 0.3) is 0 Å². The standard InChI is InChI=1S/C16H19NO2S/c1-11-16(20-10-17-11)7-8-19-13-6-5-12-3-2-4-15(18)14(12)9-13/h5-6,9-10,15,18H,2-4,7-8H2,1H3. The van der Waals surface area contributed by atoms with Crippen LogP contribution >= 0.6 is 11.3 Å². The summed E-state index contributed by atoms with van der Waals surface area (Å²) in [6.45, 7) is 2.68. The van der Waals surface area contributed by atoms with Crippen LogP contribution in [0.3, 0.4) is 0 Å². The van der Waals surface area contributed by atoms with Crippen molar-refractivity contribution in [3.05, 3.63) is 45.4 Å². The molecule has 1 aliphatic rings. The Morgan fingerprint density at radius 1 is 1.45 bits per heavy atom. The Morgan fingerprint density at radius 3 is 3.15 bits per heavy atom.